The van der Waals surface area contributed by atoms with E-state index in [4.69, 9.17) is 9.47 Å². The number of hydrogen-bond acceptors (Lipinski definition) is 3. The Hall–Kier alpha value is -0.830. The molecule has 0 saturated heterocycles. The van der Waals surface area contributed by atoms with Crippen molar-refractivity contribution in [1.82, 2.24) is 0 Å². The van der Waals surface area contributed by atoms with Gasteiger partial charge in [-0.3, -0.25) is 0 Å². The molecule has 3 nitrogen and oxygen atoms in total. The SMILES string of the molecule is CCOC(=O)/C=C(\C)CCC1C[C@@H]1OCC. The molecule has 1 aliphatic carbocycles. The van der Waals surface area contributed by atoms with Gasteiger partial charge in [0, 0.05) is 12.7 Å². The maximum atomic E-state index is 11.2. The highest BCUT2D eigenvalue weighted by atomic mass is 16.5. The van der Waals surface area contributed by atoms with E-state index in [1.165, 1.54) is 6.42 Å². The van der Waals surface area contributed by atoms with Crippen LogP contribution in [0, 0.1) is 5.92 Å². The highest BCUT2D eigenvalue weighted by Gasteiger charge is 2.36. The Morgan fingerprint density at radius 1 is 1.38 bits per heavy atom. The zero-order valence-corrected chi connectivity index (χ0v) is 10.5. The van der Waals surface area contributed by atoms with Crippen LogP contribution in [0.3, 0.4) is 0 Å². The molecule has 0 radical (unpaired) electrons. The van der Waals surface area contributed by atoms with Gasteiger partial charge >= 0.3 is 5.97 Å². The van der Waals surface area contributed by atoms with E-state index in [9.17, 15) is 4.79 Å². The molecule has 0 amide bonds. The molecule has 0 aliphatic heterocycles. The summed E-state index contributed by atoms with van der Waals surface area (Å²) in [6.45, 7) is 7.07. The molecule has 0 spiro atoms. The lowest BCUT2D eigenvalue weighted by Crippen LogP contribution is -2.01. The predicted octanol–water partition coefficient (Wildman–Crippen LogP) is 2.70. The zero-order chi connectivity index (χ0) is 12.0. The fourth-order valence-corrected chi connectivity index (χ4v) is 1.81. The smallest absolute Gasteiger partial charge is 0.330 e. The molecule has 0 bridgehead atoms. The first-order valence-electron chi connectivity index (χ1n) is 6.12. The molecule has 1 aliphatic rings. The highest BCUT2D eigenvalue weighted by molar-refractivity contribution is 5.82. The minimum atomic E-state index is -0.225. The highest BCUT2D eigenvalue weighted by Crippen LogP contribution is 2.38. The van der Waals surface area contributed by atoms with E-state index in [1.807, 2.05) is 20.8 Å². The van der Waals surface area contributed by atoms with Gasteiger partial charge in [-0.2, -0.15) is 0 Å². The van der Waals surface area contributed by atoms with Gasteiger partial charge in [0.2, 0.25) is 0 Å². The molecule has 0 aromatic rings. The summed E-state index contributed by atoms with van der Waals surface area (Å²) in [5.74, 6) is 0.475. The molecule has 1 unspecified atom stereocenters. The van der Waals surface area contributed by atoms with Crippen LogP contribution in [0.5, 0.6) is 0 Å². The Kier molecular flexibility index (Phi) is 5.53. The maximum absolute atomic E-state index is 11.2. The second-order valence-electron chi connectivity index (χ2n) is 4.27. The number of carbonyl (C=O) groups excluding carboxylic acids is 1. The van der Waals surface area contributed by atoms with Gasteiger partial charge in [0.15, 0.2) is 0 Å². The Bertz CT molecular complexity index is 258. The van der Waals surface area contributed by atoms with Gasteiger partial charge in [-0.05, 0) is 46.0 Å². The van der Waals surface area contributed by atoms with Gasteiger partial charge in [0.25, 0.3) is 0 Å². The molecule has 0 aromatic heterocycles. The van der Waals surface area contributed by atoms with E-state index in [0.717, 1.165) is 25.0 Å². The van der Waals surface area contributed by atoms with E-state index < -0.39 is 0 Å². The average molecular weight is 226 g/mol. The number of rotatable bonds is 7. The Morgan fingerprint density at radius 3 is 2.75 bits per heavy atom. The first-order valence-corrected chi connectivity index (χ1v) is 6.12. The summed E-state index contributed by atoms with van der Waals surface area (Å²) in [6, 6.07) is 0. The molecular weight excluding hydrogens is 204 g/mol. The van der Waals surface area contributed by atoms with Crippen molar-refractivity contribution in [2.24, 2.45) is 5.92 Å². The lowest BCUT2D eigenvalue weighted by atomic mass is 10.1. The van der Waals surface area contributed by atoms with E-state index in [0.29, 0.717) is 18.6 Å². The Morgan fingerprint density at radius 2 is 2.12 bits per heavy atom. The lowest BCUT2D eigenvalue weighted by Gasteiger charge is -2.02. The molecule has 1 saturated carbocycles. The van der Waals surface area contributed by atoms with Crippen LogP contribution in [0.25, 0.3) is 0 Å². The van der Waals surface area contributed by atoms with E-state index in [-0.39, 0.29) is 5.97 Å². The van der Waals surface area contributed by atoms with Crippen LogP contribution in [0.1, 0.15) is 40.0 Å². The van der Waals surface area contributed by atoms with Crippen LogP contribution in [0.15, 0.2) is 11.6 Å². The van der Waals surface area contributed by atoms with Gasteiger partial charge < -0.3 is 9.47 Å². The van der Waals surface area contributed by atoms with Gasteiger partial charge in [-0.15, -0.1) is 0 Å². The van der Waals surface area contributed by atoms with Crippen LogP contribution < -0.4 is 0 Å². The predicted molar refractivity (Wildman–Crippen MR) is 63.1 cm³/mol. The van der Waals surface area contributed by atoms with Crippen molar-refractivity contribution < 1.29 is 14.3 Å². The van der Waals surface area contributed by atoms with Crippen molar-refractivity contribution in [3.63, 3.8) is 0 Å². The fourth-order valence-electron chi connectivity index (χ4n) is 1.81. The van der Waals surface area contributed by atoms with Crippen molar-refractivity contribution in [3.05, 3.63) is 11.6 Å². The number of esters is 1. The quantitative estimate of drug-likeness (QED) is 0.494. The van der Waals surface area contributed by atoms with Gasteiger partial charge in [-0.1, -0.05) is 5.57 Å². The van der Waals surface area contributed by atoms with Crippen LogP contribution in [0.4, 0.5) is 0 Å². The molecule has 1 rings (SSSR count). The number of ether oxygens (including phenoxy) is 2. The number of carbonyl (C=O) groups is 1. The first kappa shape index (κ1) is 13.2. The molecule has 1 fully saturated rings. The summed E-state index contributed by atoms with van der Waals surface area (Å²) < 4.78 is 10.4. The summed E-state index contributed by atoms with van der Waals surface area (Å²) in [7, 11) is 0. The maximum Gasteiger partial charge on any atom is 0.330 e. The number of hydrogen-bond donors (Lipinski definition) is 0. The third-order valence-corrected chi connectivity index (χ3v) is 2.80. The molecule has 0 aromatic carbocycles. The molecular formula is C13H22O3. The van der Waals surface area contributed by atoms with Crippen molar-refractivity contribution >= 4 is 5.97 Å². The second kappa shape index (κ2) is 6.69. The monoisotopic (exact) mass is 226 g/mol. The molecule has 3 heteroatoms. The van der Waals surface area contributed by atoms with Crippen molar-refractivity contribution in [2.75, 3.05) is 13.2 Å². The third kappa shape index (κ3) is 4.79. The third-order valence-electron chi connectivity index (χ3n) is 2.80. The van der Waals surface area contributed by atoms with Gasteiger partial charge in [0.1, 0.15) is 0 Å². The summed E-state index contributed by atoms with van der Waals surface area (Å²) >= 11 is 0. The summed E-state index contributed by atoms with van der Waals surface area (Å²) in [4.78, 5) is 11.2. The van der Waals surface area contributed by atoms with E-state index in [2.05, 4.69) is 0 Å². The summed E-state index contributed by atoms with van der Waals surface area (Å²) in [5.41, 5.74) is 1.10. The van der Waals surface area contributed by atoms with E-state index >= 15 is 0 Å². The molecule has 92 valence electrons. The lowest BCUT2D eigenvalue weighted by molar-refractivity contribution is -0.137. The summed E-state index contributed by atoms with van der Waals surface area (Å²) in [5, 5.41) is 0. The van der Waals surface area contributed by atoms with Gasteiger partial charge in [0.05, 0.1) is 12.7 Å². The summed E-state index contributed by atoms with van der Waals surface area (Å²) in [6.07, 6.45) is 5.34. The average Bonchev–Trinajstić information content (AvgIpc) is 2.94. The Labute approximate surface area is 97.8 Å². The minimum Gasteiger partial charge on any atom is -0.463 e. The van der Waals surface area contributed by atoms with Crippen LogP contribution in [-0.4, -0.2) is 25.3 Å². The largest absolute Gasteiger partial charge is 0.463 e. The zero-order valence-electron chi connectivity index (χ0n) is 10.5. The normalized spacial score (nSPS) is 24.3. The topological polar surface area (TPSA) is 35.5 Å². The van der Waals surface area contributed by atoms with E-state index in [1.54, 1.807) is 6.08 Å². The van der Waals surface area contributed by atoms with Crippen molar-refractivity contribution in [1.29, 1.82) is 0 Å². The van der Waals surface area contributed by atoms with Crippen molar-refractivity contribution in [3.8, 4) is 0 Å². The minimum absolute atomic E-state index is 0.225. The Balaban J connectivity index is 2.15. The standard InChI is InChI=1S/C13H22O3/c1-4-15-12-9-11(12)7-6-10(3)8-13(14)16-5-2/h8,11-12H,4-7,9H2,1-3H3/b10-8+/t11?,12-/m0/s1. The second-order valence-corrected chi connectivity index (χ2v) is 4.27. The first-order chi connectivity index (χ1) is 7.67. The van der Waals surface area contributed by atoms with Crippen molar-refractivity contribution in [2.45, 2.75) is 46.1 Å². The molecule has 16 heavy (non-hydrogen) atoms. The molecule has 0 heterocycles. The van der Waals surface area contributed by atoms with Crippen LogP contribution in [-0.2, 0) is 14.3 Å². The fraction of sp³-hybridized carbons (Fsp3) is 0.769. The van der Waals surface area contributed by atoms with Gasteiger partial charge in [-0.25, -0.2) is 4.79 Å². The van der Waals surface area contributed by atoms with Crippen LogP contribution in [0.2, 0.25) is 0 Å². The molecule has 0 N–H and O–H groups in total. The van der Waals surface area contributed by atoms with Crippen LogP contribution >= 0.6 is 0 Å². The molecule has 2 atom stereocenters. The number of allylic oxidation sites excluding steroid dienone is 1.